The zero-order chi connectivity index (χ0) is 22.4. The van der Waals surface area contributed by atoms with Crippen molar-refractivity contribution in [2.45, 2.75) is 51.0 Å². The van der Waals surface area contributed by atoms with E-state index in [2.05, 4.69) is 63.9 Å². The predicted molar refractivity (Wildman–Crippen MR) is 124 cm³/mol. The SMILES string of the molecule is Cc1ccc(-c2nn[nH]n2)cc1-c1ccc([C@@H]2CC23CCN(C(=O)C2CCCO2)CC3)cc1. The maximum absolute atomic E-state index is 12.7. The number of ether oxygens (including phenoxy) is 1. The number of aryl methyl sites for hydroxylation is 1. The van der Waals surface area contributed by atoms with E-state index in [0.717, 1.165) is 50.9 Å². The van der Waals surface area contributed by atoms with E-state index in [1.807, 2.05) is 11.0 Å². The second kappa shape index (κ2) is 8.06. The summed E-state index contributed by atoms with van der Waals surface area (Å²) in [6.45, 7) is 4.60. The fourth-order valence-electron chi connectivity index (χ4n) is 5.77. The molecule has 3 aromatic rings. The normalized spacial score (nSPS) is 23.7. The minimum absolute atomic E-state index is 0.191. The molecule has 6 rings (SSSR count). The lowest BCUT2D eigenvalue weighted by atomic mass is 9.88. The molecule has 2 saturated heterocycles. The molecule has 170 valence electrons. The van der Waals surface area contributed by atoms with E-state index in [9.17, 15) is 4.79 Å². The second-order valence-electron chi connectivity index (χ2n) is 9.83. The van der Waals surface area contributed by atoms with Crippen molar-refractivity contribution in [3.05, 3.63) is 53.6 Å². The van der Waals surface area contributed by atoms with Crippen molar-refractivity contribution >= 4 is 5.91 Å². The number of carbonyl (C=O) groups excluding carboxylic acids is 1. The third-order valence-corrected chi connectivity index (χ3v) is 7.93. The van der Waals surface area contributed by atoms with Gasteiger partial charge in [-0.15, -0.1) is 10.2 Å². The van der Waals surface area contributed by atoms with Gasteiger partial charge in [0, 0.05) is 25.3 Å². The van der Waals surface area contributed by atoms with Crippen LogP contribution in [0.3, 0.4) is 0 Å². The van der Waals surface area contributed by atoms with Gasteiger partial charge in [0.15, 0.2) is 0 Å². The van der Waals surface area contributed by atoms with Crippen LogP contribution < -0.4 is 0 Å². The fraction of sp³-hybridized carbons (Fsp3) is 0.462. The van der Waals surface area contributed by atoms with Gasteiger partial charge in [-0.2, -0.15) is 5.21 Å². The zero-order valence-electron chi connectivity index (χ0n) is 19.0. The minimum Gasteiger partial charge on any atom is -0.368 e. The summed E-state index contributed by atoms with van der Waals surface area (Å²) in [5.41, 5.74) is 6.37. The monoisotopic (exact) mass is 443 g/mol. The van der Waals surface area contributed by atoms with Crippen LogP contribution in [0.1, 0.15) is 49.1 Å². The van der Waals surface area contributed by atoms with Crippen LogP contribution >= 0.6 is 0 Å². The van der Waals surface area contributed by atoms with E-state index >= 15 is 0 Å². The van der Waals surface area contributed by atoms with E-state index in [-0.39, 0.29) is 12.0 Å². The van der Waals surface area contributed by atoms with Crippen molar-refractivity contribution < 1.29 is 9.53 Å². The summed E-state index contributed by atoms with van der Waals surface area (Å²) in [6.07, 6.45) is 5.14. The second-order valence-corrected chi connectivity index (χ2v) is 9.83. The molecule has 3 aliphatic rings. The van der Waals surface area contributed by atoms with E-state index in [1.165, 1.54) is 28.7 Å². The smallest absolute Gasteiger partial charge is 0.251 e. The van der Waals surface area contributed by atoms with Gasteiger partial charge in [0.2, 0.25) is 5.82 Å². The van der Waals surface area contributed by atoms with Gasteiger partial charge in [0.1, 0.15) is 6.10 Å². The Kier molecular flexibility index (Phi) is 5.02. The van der Waals surface area contributed by atoms with E-state index in [1.54, 1.807) is 0 Å². The van der Waals surface area contributed by atoms with E-state index in [4.69, 9.17) is 4.74 Å². The lowest BCUT2D eigenvalue weighted by molar-refractivity contribution is -0.142. The van der Waals surface area contributed by atoms with Crippen molar-refractivity contribution in [2.75, 3.05) is 19.7 Å². The zero-order valence-corrected chi connectivity index (χ0v) is 19.0. The number of amides is 1. The first-order chi connectivity index (χ1) is 16.1. The standard InChI is InChI=1S/C26H29N5O2/c1-17-4-5-20(24-27-29-30-28-24)15-21(17)18-6-8-19(9-7-18)22-16-26(22)10-12-31(13-11-26)25(32)23-3-2-14-33-23/h4-9,15,22-23H,2-3,10-14,16H2,1H3,(H,27,28,29,30)/t22-,23?/m0/s1. The number of carbonyl (C=O) groups is 1. The van der Waals surface area contributed by atoms with Crippen LogP contribution in [0.5, 0.6) is 0 Å². The summed E-state index contributed by atoms with van der Waals surface area (Å²) >= 11 is 0. The molecule has 1 amide bonds. The van der Waals surface area contributed by atoms with Crippen LogP contribution in [0.15, 0.2) is 42.5 Å². The number of nitrogens with one attached hydrogen (secondary N) is 1. The number of aromatic nitrogens is 4. The van der Waals surface area contributed by atoms with Crippen LogP contribution in [0, 0.1) is 12.3 Å². The summed E-state index contributed by atoms with van der Waals surface area (Å²) < 4.78 is 5.61. The molecule has 2 aromatic carbocycles. The summed E-state index contributed by atoms with van der Waals surface area (Å²) in [4.78, 5) is 14.7. The van der Waals surface area contributed by atoms with Crippen molar-refractivity contribution in [2.24, 2.45) is 5.41 Å². The minimum atomic E-state index is -0.191. The predicted octanol–water partition coefficient (Wildman–Crippen LogP) is 4.12. The molecule has 0 radical (unpaired) electrons. The Morgan fingerprint density at radius 2 is 1.91 bits per heavy atom. The Balaban J connectivity index is 1.13. The van der Waals surface area contributed by atoms with Crippen molar-refractivity contribution in [1.29, 1.82) is 0 Å². The van der Waals surface area contributed by atoms with Crippen molar-refractivity contribution in [3.8, 4) is 22.5 Å². The molecule has 1 unspecified atom stereocenters. The van der Waals surface area contributed by atoms with Crippen LogP contribution in [0.25, 0.3) is 22.5 Å². The third kappa shape index (κ3) is 3.74. The Bertz CT molecular complexity index is 1140. The Morgan fingerprint density at radius 1 is 1.12 bits per heavy atom. The van der Waals surface area contributed by atoms with Gasteiger partial charge in [-0.05, 0) is 83.9 Å². The Morgan fingerprint density at radius 3 is 2.61 bits per heavy atom. The van der Waals surface area contributed by atoms with Gasteiger partial charge >= 0.3 is 0 Å². The number of rotatable bonds is 4. The summed E-state index contributed by atoms with van der Waals surface area (Å²) in [5, 5.41) is 14.4. The molecule has 7 nitrogen and oxygen atoms in total. The van der Waals surface area contributed by atoms with Crippen LogP contribution in [-0.4, -0.2) is 57.2 Å². The summed E-state index contributed by atoms with van der Waals surface area (Å²) in [7, 11) is 0. The maximum Gasteiger partial charge on any atom is 0.251 e. The molecule has 1 saturated carbocycles. The molecule has 1 aromatic heterocycles. The lowest BCUT2D eigenvalue weighted by Crippen LogP contribution is -2.44. The molecular formula is C26H29N5O2. The number of aromatic amines is 1. The van der Waals surface area contributed by atoms with Crippen LogP contribution in [0.4, 0.5) is 0 Å². The highest BCUT2D eigenvalue weighted by atomic mass is 16.5. The lowest BCUT2D eigenvalue weighted by Gasteiger charge is -2.34. The molecule has 1 spiro atoms. The molecular weight excluding hydrogens is 414 g/mol. The molecule has 3 heterocycles. The Hall–Kier alpha value is -3.06. The highest BCUT2D eigenvalue weighted by Gasteiger charge is 2.55. The molecule has 33 heavy (non-hydrogen) atoms. The van der Waals surface area contributed by atoms with Crippen LogP contribution in [0.2, 0.25) is 0 Å². The van der Waals surface area contributed by atoms with Gasteiger partial charge in [0.05, 0.1) is 0 Å². The van der Waals surface area contributed by atoms with Gasteiger partial charge in [-0.1, -0.05) is 36.4 Å². The van der Waals surface area contributed by atoms with Gasteiger partial charge in [0.25, 0.3) is 5.91 Å². The third-order valence-electron chi connectivity index (χ3n) is 7.93. The quantitative estimate of drug-likeness (QED) is 0.656. The molecule has 0 bridgehead atoms. The van der Waals surface area contributed by atoms with Crippen molar-refractivity contribution in [3.63, 3.8) is 0 Å². The summed E-state index contributed by atoms with van der Waals surface area (Å²) in [6, 6.07) is 15.3. The van der Waals surface area contributed by atoms with Crippen molar-refractivity contribution in [1.82, 2.24) is 25.5 Å². The molecule has 1 aliphatic carbocycles. The summed E-state index contributed by atoms with van der Waals surface area (Å²) in [5.74, 6) is 1.43. The number of hydrogen-bond donors (Lipinski definition) is 1. The van der Waals surface area contributed by atoms with E-state index < -0.39 is 0 Å². The number of likely N-dealkylation sites (tertiary alicyclic amines) is 1. The first-order valence-corrected chi connectivity index (χ1v) is 12.0. The molecule has 7 heteroatoms. The number of tetrazole rings is 1. The van der Waals surface area contributed by atoms with Gasteiger partial charge < -0.3 is 9.64 Å². The number of nitrogens with zero attached hydrogens (tertiary/aromatic N) is 4. The first kappa shape index (κ1) is 20.5. The van der Waals surface area contributed by atoms with E-state index in [0.29, 0.717) is 17.2 Å². The highest BCUT2D eigenvalue weighted by molar-refractivity contribution is 5.81. The highest BCUT2D eigenvalue weighted by Crippen LogP contribution is 2.65. The first-order valence-electron chi connectivity index (χ1n) is 12.0. The molecule has 1 N–H and O–H groups in total. The molecule has 2 aliphatic heterocycles. The molecule has 2 atom stereocenters. The van der Waals surface area contributed by atoms with Gasteiger partial charge in [-0.3, -0.25) is 4.79 Å². The van der Waals surface area contributed by atoms with Gasteiger partial charge in [-0.25, -0.2) is 0 Å². The number of H-pyrrole nitrogens is 1. The average Bonchev–Trinajstić information content (AvgIpc) is 3.28. The molecule has 3 fully saturated rings. The Labute approximate surface area is 193 Å². The number of benzene rings is 2. The topological polar surface area (TPSA) is 84.0 Å². The number of hydrogen-bond acceptors (Lipinski definition) is 5. The maximum atomic E-state index is 12.7. The number of piperidine rings is 1. The average molecular weight is 444 g/mol. The fourth-order valence-corrected chi connectivity index (χ4v) is 5.77. The largest absolute Gasteiger partial charge is 0.368 e. The van der Waals surface area contributed by atoms with Crippen LogP contribution in [-0.2, 0) is 9.53 Å².